The quantitative estimate of drug-likeness (QED) is 0.730. The summed E-state index contributed by atoms with van der Waals surface area (Å²) in [7, 11) is 4.07. The predicted molar refractivity (Wildman–Crippen MR) is 87.7 cm³/mol. The number of nitrogens with zero attached hydrogens (tertiary/aromatic N) is 1. The number of aromatic hydroxyl groups is 2. The summed E-state index contributed by atoms with van der Waals surface area (Å²) in [5.41, 5.74) is 0.734. The lowest BCUT2D eigenvalue weighted by Crippen LogP contribution is -2.06. The molecular weight excluding hydrogens is 330 g/mol. The zero-order chi connectivity index (χ0) is 18.4. The lowest BCUT2D eigenvalue weighted by atomic mass is 10.1. The number of ether oxygens (including phenoxy) is 4. The van der Waals surface area contributed by atoms with Gasteiger partial charge in [-0.25, -0.2) is 4.79 Å². The lowest BCUT2D eigenvalue weighted by molar-refractivity contribution is 0.0599. The molecule has 2 N–H and O–H groups in total. The highest BCUT2D eigenvalue weighted by atomic mass is 16.5. The third kappa shape index (κ3) is 4.23. The molecule has 1 heterocycles. The second-order valence-corrected chi connectivity index (χ2v) is 4.95. The van der Waals surface area contributed by atoms with E-state index < -0.39 is 5.97 Å². The van der Waals surface area contributed by atoms with Gasteiger partial charge in [0.25, 0.3) is 0 Å². The van der Waals surface area contributed by atoms with Crippen LogP contribution in [-0.4, -0.2) is 49.1 Å². The summed E-state index contributed by atoms with van der Waals surface area (Å²) in [5, 5.41) is 19.9. The summed E-state index contributed by atoms with van der Waals surface area (Å²) in [6.07, 6.45) is 0.326. The average Bonchev–Trinajstić information content (AvgIpc) is 2.63. The van der Waals surface area contributed by atoms with Gasteiger partial charge in [-0.2, -0.15) is 4.98 Å². The normalized spacial score (nSPS) is 10.2. The minimum atomic E-state index is -0.583. The van der Waals surface area contributed by atoms with Gasteiger partial charge in [-0.1, -0.05) is 0 Å². The van der Waals surface area contributed by atoms with Crippen LogP contribution in [0.1, 0.15) is 15.9 Å². The zero-order valence-corrected chi connectivity index (χ0v) is 14.1. The molecule has 0 fully saturated rings. The number of aromatic nitrogens is 1. The largest absolute Gasteiger partial charge is 0.502 e. The van der Waals surface area contributed by atoms with Crippen LogP contribution >= 0.6 is 0 Å². The molecule has 0 unspecified atom stereocenters. The maximum Gasteiger partial charge on any atom is 0.338 e. The van der Waals surface area contributed by atoms with E-state index in [-0.39, 0.29) is 35.3 Å². The third-order valence-corrected chi connectivity index (χ3v) is 3.45. The van der Waals surface area contributed by atoms with Crippen LogP contribution < -0.4 is 14.2 Å². The molecule has 0 radical (unpaired) electrons. The van der Waals surface area contributed by atoms with Crippen molar-refractivity contribution in [1.82, 2.24) is 4.98 Å². The van der Waals surface area contributed by atoms with E-state index in [2.05, 4.69) is 9.72 Å². The van der Waals surface area contributed by atoms with Gasteiger partial charge in [0.1, 0.15) is 0 Å². The smallest absolute Gasteiger partial charge is 0.338 e. The standard InChI is InChI=1S/C17H19NO7/c1-22-12-8-11(17(21)24-3)9-13(15(12)19)25-7-6-10-4-5-14(23-2)18-16(10)20/h4-5,8-9,19H,6-7H2,1-3H3,(H,18,20). The Morgan fingerprint density at radius 1 is 1.08 bits per heavy atom. The molecule has 0 bridgehead atoms. The number of esters is 1. The molecule has 0 aliphatic rings. The number of hydrogen-bond acceptors (Lipinski definition) is 8. The van der Waals surface area contributed by atoms with Gasteiger partial charge >= 0.3 is 5.97 Å². The van der Waals surface area contributed by atoms with E-state index in [9.17, 15) is 15.0 Å². The molecule has 134 valence electrons. The highest BCUT2D eigenvalue weighted by Gasteiger charge is 2.16. The van der Waals surface area contributed by atoms with Crippen LogP contribution in [-0.2, 0) is 11.2 Å². The second kappa shape index (κ2) is 8.09. The van der Waals surface area contributed by atoms with Crippen molar-refractivity contribution in [2.45, 2.75) is 6.42 Å². The van der Waals surface area contributed by atoms with E-state index >= 15 is 0 Å². The summed E-state index contributed by atoms with van der Waals surface area (Å²) >= 11 is 0. The minimum Gasteiger partial charge on any atom is -0.502 e. The summed E-state index contributed by atoms with van der Waals surface area (Å²) in [5.74, 6) is -0.511. The first-order chi connectivity index (χ1) is 12.0. The van der Waals surface area contributed by atoms with Crippen LogP contribution in [0.5, 0.6) is 29.0 Å². The van der Waals surface area contributed by atoms with Gasteiger partial charge in [0.05, 0.1) is 33.5 Å². The first kappa shape index (κ1) is 18.2. The molecule has 8 nitrogen and oxygen atoms in total. The maximum atomic E-state index is 11.7. The summed E-state index contributed by atoms with van der Waals surface area (Å²) in [6, 6.07) is 5.99. The SMILES string of the molecule is COC(=O)c1cc(OC)c(O)c(OCCc2ccc(OC)nc2O)c1. The minimum absolute atomic E-state index is 0.0701. The Labute approximate surface area is 144 Å². The molecule has 0 aliphatic heterocycles. The Morgan fingerprint density at radius 2 is 1.80 bits per heavy atom. The van der Waals surface area contributed by atoms with E-state index in [4.69, 9.17) is 14.2 Å². The first-order valence-electron chi connectivity index (χ1n) is 7.35. The molecule has 1 aromatic carbocycles. The van der Waals surface area contributed by atoms with Gasteiger partial charge in [0.15, 0.2) is 11.5 Å². The molecule has 0 saturated heterocycles. The van der Waals surface area contributed by atoms with Crippen molar-refractivity contribution in [3.05, 3.63) is 35.4 Å². The zero-order valence-electron chi connectivity index (χ0n) is 14.1. The van der Waals surface area contributed by atoms with Gasteiger partial charge in [0, 0.05) is 18.1 Å². The van der Waals surface area contributed by atoms with E-state index in [1.165, 1.54) is 33.5 Å². The molecular formula is C17H19NO7. The van der Waals surface area contributed by atoms with Crippen molar-refractivity contribution in [1.29, 1.82) is 0 Å². The molecule has 2 rings (SSSR count). The van der Waals surface area contributed by atoms with Crippen LogP contribution in [0.3, 0.4) is 0 Å². The molecule has 2 aromatic rings. The Kier molecular flexibility index (Phi) is 5.89. The molecule has 8 heteroatoms. The Balaban J connectivity index is 2.13. The van der Waals surface area contributed by atoms with Crippen molar-refractivity contribution >= 4 is 5.97 Å². The Hall–Kier alpha value is -3.16. The van der Waals surface area contributed by atoms with Crippen LogP contribution in [0.4, 0.5) is 0 Å². The van der Waals surface area contributed by atoms with Gasteiger partial charge in [-0.15, -0.1) is 0 Å². The highest BCUT2D eigenvalue weighted by molar-refractivity contribution is 5.91. The van der Waals surface area contributed by atoms with Crippen molar-refractivity contribution in [3.8, 4) is 29.0 Å². The highest BCUT2D eigenvalue weighted by Crippen LogP contribution is 2.37. The van der Waals surface area contributed by atoms with Gasteiger partial charge in [-0.3, -0.25) is 0 Å². The van der Waals surface area contributed by atoms with Crippen molar-refractivity contribution in [3.63, 3.8) is 0 Å². The molecule has 0 atom stereocenters. The Morgan fingerprint density at radius 3 is 2.40 bits per heavy atom. The number of benzene rings is 1. The topological polar surface area (TPSA) is 107 Å². The number of carbonyl (C=O) groups excluding carboxylic acids is 1. The number of hydrogen-bond donors (Lipinski definition) is 2. The van der Waals surface area contributed by atoms with E-state index in [1.807, 2.05) is 0 Å². The summed E-state index contributed by atoms with van der Waals surface area (Å²) in [4.78, 5) is 15.5. The summed E-state index contributed by atoms with van der Waals surface area (Å²) in [6.45, 7) is 0.128. The van der Waals surface area contributed by atoms with Crippen molar-refractivity contribution in [2.24, 2.45) is 0 Å². The first-order valence-corrected chi connectivity index (χ1v) is 7.35. The lowest BCUT2D eigenvalue weighted by Gasteiger charge is -2.13. The second-order valence-electron chi connectivity index (χ2n) is 4.95. The number of phenols is 1. The number of phenolic OH excluding ortho intramolecular Hbond substituents is 1. The van der Waals surface area contributed by atoms with Crippen LogP contribution in [0.25, 0.3) is 0 Å². The van der Waals surface area contributed by atoms with Crippen molar-refractivity contribution in [2.75, 3.05) is 27.9 Å². The molecule has 25 heavy (non-hydrogen) atoms. The number of carbonyl (C=O) groups is 1. The molecule has 0 spiro atoms. The monoisotopic (exact) mass is 349 g/mol. The third-order valence-electron chi connectivity index (χ3n) is 3.45. The van der Waals surface area contributed by atoms with Gasteiger partial charge in [0.2, 0.25) is 17.5 Å². The molecule has 0 amide bonds. The maximum absolute atomic E-state index is 11.7. The van der Waals surface area contributed by atoms with Crippen molar-refractivity contribution < 1.29 is 34.0 Å². The predicted octanol–water partition coefficient (Wildman–Crippen LogP) is 1.92. The number of rotatable bonds is 7. The van der Waals surface area contributed by atoms with E-state index in [0.29, 0.717) is 17.9 Å². The van der Waals surface area contributed by atoms with Gasteiger partial charge in [-0.05, 0) is 18.2 Å². The number of pyridine rings is 1. The van der Waals surface area contributed by atoms with Crippen LogP contribution in [0, 0.1) is 0 Å². The molecule has 1 aromatic heterocycles. The summed E-state index contributed by atoms with van der Waals surface area (Å²) < 4.78 is 20.1. The average molecular weight is 349 g/mol. The fraction of sp³-hybridized carbons (Fsp3) is 0.294. The molecule has 0 aliphatic carbocycles. The fourth-order valence-corrected chi connectivity index (χ4v) is 2.12. The number of methoxy groups -OCH3 is 3. The molecule has 0 saturated carbocycles. The van der Waals surface area contributed by atoms with Crippen LogP contribution in [0.15, 0.2) is 24.3 Å². The van der Waals surface area contributed by atoms with E-state index in [1.54, 1.807) is 12.1 Å². The Bertz CT molecular complexity index is 761. The fourth-order valence-electron chi connectivity index (χ4n) is 2.12. The van der Waals surface area contributed by atoms with Gasteiger partial charge < -0.3 is 29.2 Å². The van der Waals surface area contributed by atoms with Crippen LogP contribution in [0.2, 0.25) is 0 Å². The van der Waals surface area contributed by atoms with E-state index in [0.717, 1.165) is 0 Å².